The molecule has 2 heterocycles. The van der Waals surface area contributed by atoms with Crippen LogP contribution in [0.3, 0.4) is 0 Å². The zero-order valence-corrected chi connectivity index (χ0v) is 16.2. The molecule has 1 aromatic carbocycles. The minimum absolute atomic E-state index is 0.000374. The summed E-state index contributed by atoms with van der Waals surface area (Å²) in [4.78, 5) is 30.6. The summed E-state index contributed by atoms with van der Waals surface area (Å²) >= 11 is 7.53. The zero-order valence-electron chi connectivity index (χ0n) is 14.6. The average molecular weight is 379 g/mol. The maximum absolute atomic E-state index is 12.4. The molecule has 2 aromatic rings. The number of piperidine rings is 1. The molecule has 25 heavy (non-hydrogen) atoms. The van der Waals surface area contributed by atoms with Crippen molar-refractivity contribution in [3.63, 3.8) is 0 Å². The normalized spacial score (nSPS) is 17.0. The fourth-order valence-corrected chi connectivity index (χ4v) is 4.45. The smallest absolute Gasteiger partial charge is 0.240 e. The molecule has 6 heteroatoms. The molecule has 1 atom stereocenters. The number of likely N-dealkylation sites (tertiary alicyclic amines) is 1. The van der Waals surface area contributed by atoms with Crippen molar-refractivity contribution >= 4 is 44.8 Å². The molecular weight excluding hydrogens is 356 g/mol. The third kappa shape index (κ3) is 4.59. The number of Topliss-reactive ketones (excluding diaryl/α,β-unsaturated/α-hetero) is 1. The van der Waals surface area contributed by atoms with Gasteiger partial charge in [-0.3, -0.25) is 9.59 Å². The Kier molecular flexibility index (Phi) is 5.74. The molecular formula is C19H23ClN2O2S. The third-order valence-corrected chi connectivity index (χ3v) is 5.86. The summed E-state index contributed by atoms with van der Waals surface area (Å²) in [5.74, 6) is 0.646. The third-order valence-electron chi connectivity index (χ3n) is 4.74. The summed E-state index contributed by atoms with van der Waals surface area (Å²) in [7, 11) is 0. The molecule has 1 aliphatic heterocycles. The van der Waals surface area contributed by atoms with Crippen LogP contribution in [0.15, 0.2) is 18.2 Å². The second-order valence-corrected chi connectivity index (χ2v) is 8.73. The first-order chi connectivity index (χ1) is 11.9. The number of alkyl halides is 1. The number of benzene rings is 1. The zero-order chi connectivity index (χ0) is 18.0. The van der Waals surface area contributed by atoms with E-state index in [1.807, 2.05) is 24.0 Å². The van der Waals surface area contributed by atoms with Crippen LogP contribution in [0.4, 0.5) is 0 Å². The Morgan fingerprint density at radius 3 is 2.76 bits per heavy atom. The molecule has 134 valence electrons. The Bertz CT molecular complexity index is 779. The van der Waals surface area contributed by atoms with E-state index < -0.39 is 5.38 Å². The van der Waals surface area contributed by atoms with Crippen molar-refractivity contribution in [1.29, 1.82) is 0 Å². The Hall–Kier alpha value is -1.46. The SMILES string of the molecule is Cc1nc2ccc(CC(=O)CC3CCN(C(=O)C(C)Cl)CC3)cc2s1. The van der Waals surface area contributed by atoms with E-state index in [0.717, 1.165) is 33.6 Å². The van der Waals surface area contributed by atoms with Crippen molar-refractivity contribution in [2.75, 3.05) is 13.1 Å². The number of carbonyl (C=O) groups is 2. The fourth-order valence-electron chi connectivity index (χ4n) is 3.43. The Morgan fingerprint density at radius 2 is 2.08 bits per heavy atom. The summed E-state index contributed by atoms with van der Waals surface area (Å²) < 4.78 is 1.14. The van der Waals surface area contributed by atoms with Crippen LogP contribution in [0, 0.1) is 12.8 Å². The van der Waals surface area contributed by atoms with Crippen LogP contribution in [0.1, 0.15) is 36.8 Å². The maximum atomic E-state index is 12.4. The van der Waals surface area contributed by atoms with Gasteiger partial charge in [0.05, 0.1) is 15.2 Å². The van der Waals surface area contributed by atoms with Crippen LogP contribution >= 0.6 is 22.9 Å². The predicted molar refractivity (Wildman–Crippen MR) is 102 cm³/mol. The van der Waals surface area contributed by atoms with E-state index in [9.17, 15) is 9.59 Å². The highest BCUT2D eigenvalue weighted by molar-refractivity contribution is 7.18. The van der Waals surface area contributed by atoms with E-state index in [0.29, 0.717) is 31.8 Å². The van der Waals surface area contributed by atoms with E-state index in [2.05, 4.69) is 11.1 Å². The first kappa shape index (κ1) is 18.3. The lowest BCUT2D eigenvalue weighted by Gasteiger charge is -2.32. The van der Waals surface area contributed by atoms with Gasteiger partial charge in [-0.1, -0.05) is 6.07 Å². The van der Waals surface area contributed by atoms with Crippen LogP contribution in [-0.4, -0.2) is 40.0 Å². The lowest BCUT2D eigenvalue weighted by molar-refractivity contribution is -0.132. The quantitative estimate of drug-likeness (QED) is 0.739. The van der Waals surface area contributed by atoms with Crippen molar-refractivity contribution in [3.05, 3.63) is 28.8 Å². The second-order valence-electron chi connectivity index (χ2n) is 6.84. The highest BCUT2D eigenvalue weighted by atomic mass is 35.5. The van der Waals surface area contributed by atoms with Crippen molar-refractivity contribution in [2.45, 2.75) is 44.9 Å². The number of rotatable bonds is 5. The Labute approximate surface area is 157 Å². The van der Waals surface area contributed by atoms with E-state index in [1.54, 1.807) is 18.3 Å². The number of fused-ring (bicyclic) bond motifs is 1. The highest BCUT2D eigenvalue weighted by Crippen LogP contribution is 2.25. The number of halogens is 1. The first-order valence-corrected chi connectivity index (χ1v) is 9.98. The van der Waals surface area contributed by atoms with Crippen molar-refractivity contribution in [2.24, 2.45) is 5.92 Å². The summed E-state index contributed by atoms with van der Waals surface area (Å²) in [6.45, 7) is 5.12. The van der Waals surface area contributed by atoms with Crippen LogP contribution in [0.2, 0.25) is 0 Å². The number of nitrogens with zero attached hydrogens (tertiary/aromatic N) is 2. The maximum Gasteiger partial charge on any atom is 0.240 e. The highest BCUT2D eigenvalue weighted by Gasteiger charge is 2.26. The number of amides is 1. The van der Waals surface area contributed by atoms with Gasteiger partial charge in [-0.2, -0.15) is 0 Å². The minimum Gasteiger partial charge on any atom is -0.341 e. The largest absolute Gasteiger partial charge is 0.341 e. The Balaban J connectivity index is 1.51. The Morgan fingerprint density at radius 1 is 1.36 bits per heavy atom. The number of aryl methyl sites for hydroxylation is 1. The predicted octanol–water partition coefficient (Wildman–Crippen LogP) is 3.97. The van der Waals surface area contributed by atoms with Crippen molar-refractivity contribution < 1.29 is 9.59 Å². The van der Waals surface area contributed by atoms with Gasteiger partial charge in [-0.15, -0.1) is 22.9 Å². The fraction of sp³-hybridized carbons (Fsp3) is 0.526. The molecule has 0 bridgehead atoms. The molecule has 1 unspecified atom stereocenters. The summed E-state index contributed by atoms with van der Waals surface area (Å²) in [5, 5.41) is 0.578. The summed E-state index contributed by atoms with van der Waals surface area (Å²) in [6.07, 6.45) is 2.84. The molecule has 4 nitrogen and oxygen atoms in total. The molecule has 0 radical (unpaired) electrons. The van der Waals surface area contributed by atoms with Gasteiger partial charge in [0.15, 0.2) is 0 Å². The number of carbonyl (C=O) groups excluding carboxylic acids is 2. The molecule has 0 saturated carbocycles. The molecule has 3 rings (SSSR count). The standard InChI is InChI=1S/C19H23ClN2O2S/c1-12(20)19(24)22-7-5-14(6-8-22)9-16(23)10-15-3-4-17-18(11-15)25-13(2)21-17/h3-4,11-12,14H,5-10H2,1-2H3. The molecule has 1 fully saturated rings. The number of hydrogen-bond acceptors (Lipinski definition) is 4. The van der Waals surface area contributed by atoms with E-state index in [1.165, 1.54) is 0 Å². The van der Waals surface area contributed by atoms with Gasteiger partial charge in [0, 0.05) is 25.9 Å². The van der Waals surface area contributed by atoms with E-state index >= 15 is 0 Å². The molecule has 0 N–H and O–H groups in total. The van der Waals surface area contributed by atoms with Gasteiger partial charge in [0.2, 0.25) is 5.91 Å². The number of ketones is 1. The molecule has 1 saturated heterocycles. The van der Waals surface area contributed by atoms with Crippen LogP contribution in [0.5, 0.6) is 0 Å². The number of aromatic nitrogens is 1. The van der Waals surface area contributed by atoms with Gasteiger partial charge in [-0.05, 0) is 50.3 Å². The van der Waals surface area contributed by atoms with Crippen LogP contribution < -0.4 is 0 Å². The number of hydrogen-bond donors (Lipinski definition) is 0. The van der Waals surface area contributed by atoms with E-state index in [4.69, 9.17) is 11.6 Å². The van der Waals surface area contributed by atoms with E-state index in [-0.39, 0.29) is 11.7 Å². The topological polar surface area (TPSA) is 50.3 Å². The van der Waals surface area contributed by atoms with Crippen LogP contribution in [-0.2, 0) is 16.0 Å². The molecule has 1 amide bonds. The van der Waals surface area contributed by atoms with Gasteiger partial charge in [0.25, 0.3) is 0 Å². The molecule has 1 aromatic heterocycles. The monoisotopic (exact) mass is 378 g/mol. The minimum atomic E-state index is -0.469. The van der Waals surface area contributed by atoms with Gasteiger partial charge < -0.3 is 4.90 Å². The first-order valence-electron chi connectivity index (χ1n) is 8.73. The van der Waals surface area contributed by atoms with Gasteiger partial charge >= 0.3 is 0 Å². The number of thiazole rings is 1. The molecule has 0 aliphatic carbocycles. The lowest BCUT2D eigenvalue weighted by Crippen LogP contribution is -2.41. The van der Waals surface area contributed by atoms with Crippen LogP contribution in [0.25, 0.3) is 10.2 Å². The van der Waals surface area contributed by atoms with Crippen molar-refractivity contribution in [1.82, 2.24) is 9.88 Å². The van der Waals surface area contributed by atoms with Crippen molar-refractivity contribution in [3.8, 4) is 0 Å². The second kappa shape index (κ2) is 7.83. The molecule has 0 spiro atoms. The van der Waals surface area contributed by atoms with Gasteiger partial charge in [0.1, 0.15) is 11.2 Å². The van der Waals surface area contributed by atoms with Gasteiger partial charge in [-0.25, -0.2) is 4.98 Å². The summed E-state index contributed by atoms with van der Waals surface area (Å²) in [5.41, 5.74) is 2.06. The average Bonchev–Trinajstić information content (AvgIpc) is 2.94. The lowest BCUT2D eigenvalue weighted by atomic mass is 9.90. The summed E-state index contributed by atoms with van der Waals surface area (Å²) in [6, 6.07) is 6.09. The molecule has 1 aliphatic rings.